The minimum Gasteiger partial charge on any atom is -0.492 e. The summed E-state index contributed by atoms with van der Waals surface area (Å²) in [6, 6.07) is 17.9. The largest absolute Gasteiger partial charge is 0.492 e. The Balaban J connectivity index is 1.56. The van der Waals surface area contributed by atoms with Crippen molar-refractivity contribution in [3.63, 3.8) is 0 Å². The van der Waals surface area contributed by atoms with Gasteiger partial charge in [0.2, 0.25) is 0 Å². The second-order valence-corrected chi connectivity index (χ2v) is 10.5. The van der Waals surface area contributed by atoms with Gasteiger partial charge in [0.15, 0.2) is 0 Å². The Morgan fingerprint density at radius 1 is 1.14 bits per heavy atom. The molecule has 0 bridgehead atoms. The van der Waals surface area contributed by atoms with Gasteiger partial charge < -0.3 is 15.0 Å². The maximum atomic E-state index is 13.1. The van der Waals surface area contributed by atoms with E-state index in [-0.39, 0.29) is 17.5 Å². The number of benzene rings is 2. The number of urea groups is 1. The predicted molar refractivity (Wildman–Crippen MR) is 141 cm³/mol. The molecule has 7 heteroatoms. The van der Waals surface area contributed by atoms with Gasteiger partial charge in [-0.25, -0.2) is 9.48 Å². The van der Waals surface area contributed by atoms with E-state index in [1.54, 1.807) is 4.68 Å². The van der Waals surface area contributed by atoms with E-state index in [1.165, 1.54) is 11.1 Å². The number of ether oxygens (including phenoxy) is 1. The normalized spacial score (nSPS) is 15.5. The Morgan fingerprint density at radius 2 is 1.94 bits per heavy atom. The summed E-state index contributed by atoms with van der Waals surface area (Å²) < 4.78 is 7.71. The molecule has 1 aromatic heterocycles. The van der Waals surface area contributed by atoms with Crippen LogP contribution in [-0.2, 0) is 11.8 Å². The zero-order valence-corrected chi connectivity index (χ0v) is 21.5. The van der Waals surface area contributed by atoms with E-state index in [2.05, 4.69) is 54.5 Å². The van der Waals surface area contributed by atoms with Crippen LogP contribution >= 0.6 is 0 Å². The van der Waals surface area contributed by atoms with Crippen molar-refractivity contribution in [2.45, 2.75) is 51.5 Å². The molecule has 0 radical (unpaired) electrons. The van der Waals surface area contributed by atoms with Gasteiger partial charge in [-0.05, 0) is 56.6 Å². The van der Waals surface area contributed by atoms with Crippen molar-refractivity contribution < 1.29 is 9.53 Å². The SMILES string of the molecule is CN(C)CCOc1cccc(-n2nc(C(C)(C)C)cc2NC(=O)NC2CCCc3ccccc32)c1. The molecule has 1 unspecified atom stereocenters. The lowest BCUT2D eigenvalue weighted by Gasteiger charge is -2.26. The van der Waals surface area contributed by atoms with Crippen LogP contribution in [0.4, 0.5) is 10.6 Å². The number of rotatable bonds is 7. The minimum atomic E-state index is -0.230. The van der Waals surface area contributed by atoms with E-state index in [9.17, 15) is 4.79 Å². The number of amides is 2. The maximum Gasteiger partial charge on any atom is 0.320 e. The molecule has 1 heterocycles. The molecule has 2 N–H and O–H groups in total. The first kappa shape index (κ1) is 24.8. The van der Waals surface area contributed by atoms with Crippen LogP contribution in [0.15, 0.2) is 54.6 Å². The number of anilines is 1. The number of aryl methyl sites for hydroxylation is 1. The smallest absolute Gasteiger partial charge is 0.320 e. The molecular weight excluding hydrogens is 438 g/mol. The summed E-state index contributed by atoms with van der Waals surface area (Å²) in [6.45, 7) is 7.77. The molecule has 0 saturated carbocycles. The first-order valence-corrected chi connectivity index (χ1v) is 12.3. The second-order valence-electron chi connectivity index (χ2n) is 10.5. The van der Waals surface area contributed by atoms with Crippen LogP contribution in [0.1, 0.15) is 56.5 Å². The van der Waals surface area contributed by atoms with Gasteiger partial charge >= 0.3 is 6.03 Å². The summed E-state index contributed by atoms with van der Waals surface area (Å²) in [5.41, 5.74) is 4.09. The van der Waals surface area contributed by atoms with Gasteiger partial charge in [0, 0.05) is 24.1 Å². The van der Waals surface area contributed by atoms with Crippen molar-refractivity contribution >= 4 is 11.8 Å². The van der Waals surface area contributed by atoms with E-state index >= 15 is 0 Å². The van der Waals surface area contributed by atoms with Crippen LogP contribution in [-0.4, -0.2) is 48.0 Å². The summed E-state index contributed by atoms with van der Waals surface area (Å²) in [6.07, 6.45) is 3.06. The topological polar surface area (TPSA) is 71.4 Å². The lowest BCUT2D eigenvalue weighted by molar-refractivity contribution is 0.247. The fourth-order valence-corrected chi connectivity index (χ4v) is 4.30. The van der Waals surface area contributed by atoms with Crippen molar-refractivity contribution in [2.24, 2.45) is 0 Å². The molecule has 1 aliphatic rings. The Labute approximate surface area is 208 Å². The first-order chi connectivity index (χ1) is 16.7. The molecular formula is C28H37N5O2. The molecule has 7 nitrogen and oxygen atoms in total. The standard InChI is InChI=1S/C28H37N5O2/c1-28(2,3)25-19-26(30-27(34)29-24-15-8-11-20-10-6-7-14-23(20)24)33(31-25)21-12-9-13-22(18-21)35-17-16-32(4)5/h6-7,9-10,12-14,18-19,24H,8,11,15-17H2,1-5H3,(H2,29,30,34). The summed E-state index contributed by atoms with van der Waals surface area (Å²) >= 11 is 0. The van der Waals surface area contributed by atoms with Gasteiger partial charge in [-0.1, -0.05) is 51.1 Å². The average molecular weight is 476 g/mol. The van der Waals surface area contributed by atoms with E-state index < -0.39 is 0 Å². The Bertz CT molecular complexity index is 1160. The van der Waals surface area contributed by atoms with Crippen LogP contribution in [0.5, 0.6) is 5.75 Å². The molecule has 2 aromatic carbocycles. The number of fused-ring (bicyclic) bond motifs is 1. The van der Waals surface area contributed by atoms with Crippen molar-refractivity contribution in [1.82, 2.24) is 20.0 Å². The molecule has 0 aliphatic heterocycles. The number of nitrogens with one attached hydrogen (secondary N) is 2. The van der Waals surface area contributed by atoms with E-state index in [4.69, 9.17) is 9.84 Å². The number of likely N-dealkylation sites (N-methyl/N-ethyl adjacent to an activating group) is 1. The van der Waals surface area contributed by atoms with Gasteiger partial charge in [-0.3, -0.25) is 5.32 Å². The monoisotopic (exact) mass is 475 g/mol. The highest BCUT2D eigenvalue weighted by atomic mass is 16.5. The number of hydrogen-bond acceptors (Lipinski definition) is 4. The molecule has 1 aliphatic carbocycles. The first-order valence-electron chi connectivity index (χ1n) is 12.3. The zero-order chi connectivity index (χ0) is 25.0. The summed E-state index contributed by atoms with van der Waals surface area (Å²) in [4.78, 5) is 15.2. The number of hydrogen-bond donors (Lipinski definition) is 2. The highest BCUT2D eigenvalue weighted by Gasteiger charge is 2.24. The molecule has 2 amide bonds. The van der Waals surface area contributed by atoms with Crippen molar-refractivity contribution in [1.29, 1.82) is 0 Å². The lowest BCUT2D eigenvalue weighted by atomic mass is 9.88. The second kappa shape index (κ2) is 10.5. The molecule has 0 fully saturated rings. The third-order valence-electron chi connectivity index (χ3n) is 6.26. The lowest BCUT2D eigenvalue weighted by Crippen LogP contribution is -2.34. The quantitative estimate of drug-likeness (QED) is 0.486. The fraction of sp³-hybridized carbons (Fsp3) is 0.429. The van der Waals surface area contributed by atoms with Gasteiger partial charge in [-0.15, -0.1) is 0 Å². The Morgan fingerprint density at radius 3 is 2.71 bits per heavy atom. The summed E-state index contributed by atoms with van der Waals surface area (Å²) in [5.74, 6) is 1.40. The van der Waals surface area contributed by atoms with Crippen LogP contribution in [0.3, 0.4) is 0 Å². The Kier molecular flexibility index (Phi) is 7.45. The minimum absolute atomic E-state index is 0.00633. The molecule has 35 heavy (non-hydrogen) atoms. The molecule has 1 atom stereocenters. The molecule has 186 valence electrons. The predicted octanol–water partition coefficient (Wildman–Crippen LogP) is 5.31. The van der Waals surface area contributed by atoms with Crippen LogP contribution in [0, 0.1) is 0 Å². The van der Waals surface area contributed by atoms with Crippen molar-refractivity contribution in [2.75, 3.05) is 32.6 Å². The highest BCUT2D eigenvalue weighted by molar-refractivity contribution is 5.89. The van der Waals surface area contributed by atoms with Gasteiger partial charge in [0.25, 0.3) is 0 Å². The molecule has 3 aromatic rings. The van der Waals surface area contributed by atoms with Crippen LogP contribution in [0.25, 0.3) is 5.69 Å². The Hall–Kier alpha value is -3.32. The number of carbonyl (C=O) groups is 1. The molecule has 4 rings (SSSR count). The maximum absolute atomic E-state index is 13.1. The fourth-order valence-electron chi connectivity index (χ4n) is 4.30. The number of carbonyl (C=O) groups excluding carboxylic acids is 1. The van der Waals surface area contributed by atoms with E-state index in [0.29, 0.717) is 12.4 Å². The molecule has 0 saturated heterocycles. The summed E-state index contributed by atoms with van der Waals surface area (Å²) in [5, 5.41) is 11.1. The average Bonchev–Trinajstić information content (AvgIpc) is 3.23. The zero-order valence-electron chi connectivity index (χ0n) is 21.5. The van der Waals surface area contributed by atoms with E-state index in [1.807, 2.05) is 50.5 Å². The number of aromatic nitrogens is 2. The third-order valence-corrected chi connectivity index (χ3v) is 6.26. The van der Waals surface area contributed by atoms with Crippen molar-refractivity contribution in [3.8, 4) is 11.4 Å². The van der Waals surface area contributed by atoms with Gasteiger partial charge in [-0.2, -0.15) is 5.10 Å². The van der Waals surface area contributed by atoms with Crippen LogP contribution in [0.2, 0.25) is 0 Å². The molecule has 0 spiro atoms. The van der Waals surface area contributed by atoms with E-state index in [0.717, 1.165) is 42.9 Å². The van der Waals surface area contributed by atoms with Gasteiger partial charge in [0.1, 0.15) is 18.2 Å². The van der Waals surface area contributed by atoms with Crippen molar-refractivity contribution in [3.05, 3.63) is 71.4 Å². The highest BCUT2D eigenvalue weighted by Crippen LogP contribution is 2.30. The van der Waals surface area contributed by atoms with Gasteiger partial charge in [0.05, 0.1) is 17.4 Å². The number of nitrogens with zero attached hydrogens (tertiary/aromatic N) is 3. The third kappa shape index (κ3) is 6.22. The van der Waals surface area contributed by atoms with Crippen LogP contribution < -0.4 is 15.4 Å². The summed E-state index contributed by atoms with van der Waals surface area (Å²) in [7, 11) is 4.04.